The summed E-state index contributed by atoms with van der Waals surface area (Å²) in [5, 5.41) is 13.0. The normalized spacial score (nSPS) is 11.5. The molecular weight excluding hydrogens is 284 g/mol. The highest BCUT2D eigenvalue weighted by molar-refractivity contribution is 7.98. The average molecular weight is 295 g/mol. The van der Waals surface area contributed by atoms with Gasteiger partial charge < -0.3 is 10.9 Å². The van der Waals surface area contributed by atoms with Crippen molar-refractivity contribution in [3.8, 4) is 0 Å². The molecular formula is C12H11ClN4OS. The molecule has 0 spiro atoms. The van der Waals surface area contributed by atoms with Crippen LogP contribution < -0.4 is 5.73 Å². The van der Waals surface area contributed by atoms with Crippen molar-refractivity contribution in [2.75, 3.05) is 0 Å². The molecule has 0 atom stereocenters. The fourth-order valence-corrected chi connectivity index (χ4v) is 2.61. The fourth-order valence-electron chi connectivity index (χ4n) is 1.46. The number of hydrogen-bond acceptors (Lipinski definition) is 5. The van der Waals surface area contributed by atoms with Crippen LogP contribution in [0.1, 0.15) is 11.3 Å². The van der Waals surface area contributed by atoms with Gasteiger partial charge in [-0.25, -0.2) is 4.98 Å². The SMILES string of the molecule is NC(=NO)c1ncccc1CSc1ncccc1Cl. The topological polar surface area (TPSA) is 84.4 Å². The number of aromatic nitrogens is 2. The Morgan fingerprint density at radius 2 is 2.05 bits per heavy atom. The van der Waals surface area contributed by atoms with Gasteiger partial charge in [0.25, 0.3) is 0 Å². The van der Waals surface area contributed by atoms with Crippen LogP contribution in [-0.4, -0.2) is 21.0 Å². The summed E-state index contributed by atoms with van der Waals surface area (Å²) in [4.78, 5) is 8.29. The van der Waals surface area contributed by atoms with E-state index in [0.29, 0.717) is 16.5 Å². The van der Waals surface area contributed by atoms with Crippen molar-refractivity contribution in [1.82, 2.24) is 9.97 Å². The van der Waals surface area contributed by atoms with Gasteiger partial charge in [0.1, 0.15) is 10.7 Å². The minimum absolute atomic E-state index is 0.0108. The Morgan fingerprint density at radius 3 is 2.79 bits per heavy atom. The average Bonchev–Trinajstić information content (AvgIpc) is 2.46. The fraction of sp³-hybridized carbons (Fsp3) is 0.0833. The lowest BCUT2D eigenvalue weighted by Crippen LogP contribution is -2.17. The van der Waals surface area contributed by atoms with E-state index in [1.165, 1.54) is 11.8 Å². The molecule has 0 aliphatic rings. The van der Waals surface area contributed by atoms with Crippen LogP contribution in [0.3, 0.4) is 0 Å². The van der Waals surface area contributed by atoms with Gasteiger partial charge in [0, 0.05) is 18.1 Å². The molecule has 2 aromatic heterocycles. The summed E-state index contributed by atoms with van der Waals surface area (Å²) in [6, 6.07) is 7.22. The predicted molar refractivity (Wildman–Crippen MR) is 75.6 cm³/mol. The minimum Gasteiger partial charge on any atom is -0.409 e. The number of halogens is 1. The Bertz CT molecular complexity index is 606. The maximum Gasteiger partial charge on any atom is 0.189 e. The largest absolute Gasteiger partial charge is 0.409 e. The summed E-state index contributed by atoms with van der Waals surface area (Å²) in [6.45, 7) is 0. The Kier molecular flexibility index (Phi) is 4.59. The van der Waals surface area contributed by atoms with Crippen LogP contribution >= 0.6 is 23.4 Å². The van der Waals surface area contributed by atoms with Crippen LogP contribution in [0, 0.1) is 0 Å². The number of oxime groups is 1. The van der Waals surface area contributed by atoms with Crippen molar-refractivity contribution in [1.29, 1.82) is 0 Å². The van der Waals surface area contributed by atoms with Crippen LogP contribution in [0.4, 0.5) is 0 Å². The van der Waals surface area contributed by atoms with Gasteiger partial charge in [-0.2, -0.15) is 0 Å². The second kappa shape index (κ2) is 6.40. The maximum atomic E-state index is 8.72. The summed E-state index contributed by atoms with van der Waals surface area (Å²) in [6.07, 6.45) is 3.27. The molecule has 2 heterocycles. The van der Waals surface area contributed by atoms with Crippen molar-refractivity contribution >= 4 is 29.2 Å². The first-order valence-corrected chi connectivity index (χ1v) is 6.74. The Hall–Kier alpha value is -1.79. The molecule has 0 unspecified atom stereocenters. The zero-order chi connectivity index (χ0) is 13.7. The second-order valence-electron chi connectivity index (χ2n) is 3.58. The standard InChI is InChI=1S/C12H11ClN4OS/c13-9-4-2-6-16-12(9)19-7-8-3-1-5-15-10(8)11(14)17-18/h1-6,18H,7H2,(H2,14,17). The Balaban J connectivity index is 2.19. The van der Waals surface area contributed by atoms with E-state index in [1.807, 2.05) is 6.07 Å². The molecule has 2 aromatic rings. The molecule has 3 N–H and O–H groups in total. The molecule has 19 heavy (non-hydrogen) atoms. The molecule has 0 bridgehead atoms. The van der Waals surface area contributed by atoms with Gasteiger partial charge in [-0.05, 0) is 23.8 Å². The lowest BCUT2D eigenvalue weighted by Gasteiger charge is -2.07. The van der Waals surface area contributed by atoms with Crippen LogP contribution in [0.2, 0.25) is 5.02 Å². The van der Waals surface area contributed by atoms with Crippen LogP contribution in [0.5, 0.6) is 0 Å². The first kappa shape index (κ1) is 13.6. The molecule has 2 rings (SSSR count). The van der Waals surface area contributed by atoms with Crippen molar-refractivity contribution in [2.45, 2.75) is 10.8 Å². The maximum absolute atomic E-state index is 8.72. The van der Waals surface area contributed by atoms with Crippen LogP contribution in [-0.2, 0) is 5.75 Å². The number of thioether (sulfide) groups is 1. The smallest absolute Gasteiger partial charge is 0.189 e. The number of amidine groups is 1. The van der Waals surface area contributed by atoms with E-state index in [1.54, 1.807) is 30.6 Å². The van der Waals surface area contributed by atoms with E-state index in [4.69, 9.17) is 22.5 Å². The van der Waals surface area contributed by atoms with E-state index in [0.717, 1.165) is 10.6 Å². The molecule has 0 aromatic carbocycles. The predicted octanol–water partition coefficient (Wildman–Crippen LogP) is 2.52. The zero-order valence-electron chi connectivity index (χ0n) is 9.82. The number of hydrogen-bond donors (Lipinski definition) is 2. The van der Waals surface area contributed by atoms with Gasteiger partial charge in [0.2, 0.25) is 0 Å². The molecule has 0 amide bonds. The minimum atomic E-state index is -0.0108. The van der Waals surface area contributed by atoms with E-state index >= 15 is 0 Å². The second-order valence-corrected chi connectivity index (χ2v) is 4.95. The van der Waals surface area contributed by atoms with Crippen LogP contribution in [0.15, 0.2) is 46.8 Å². The molecule has 0 aliphatic heterocycles. The highest BCUT2D eigenvalue weighted by Gasteiger charge is 2.10. The van der Waals surface area contributed by atoms with E-state index in [9.17, 15) is 0 Å². The van der Waals surface area contributed by atoms with E-state index < -0.39 is 0 Å². The highest BCUT2D eigenvalue weighted by Crippen LogP contribution is 2.27. The Morgan fingerprint density at radius 1 is 1.32 bits per heavy atom. The summed E-state index contributed by atoms with van der Waals surface area (Å²) in [7, 11) is 0. The highest BCUT2D eigenvalue weighted by atomic mass is 35.5. The van der Waals surface area contributed by atoms with Gasteiger partial charge in [-0.3, -0.25) is 4.98 Å². The third-order valence-electron chi connectivity index (χ3n) is 2.33. The summed E-state index contributed by atoms with van der Waals surface area (Å²) in [5.74, 6) is 0.569. The summed E-state index contributed by atoms with van der Waals surface area (Å²) >= 11 is 7.50. The molecule has 7 heteroatoms. The number of nitrogens with zero attached hydrogens (tertiary/aromatic N) is 3. The van der Waals surface area contributed by atoms with Crippen molar-refractivity contribution in [3.05, 3.63) is 52.9 Å². The molecule has 0 saturated carbocycles. The lowest BCUT2D eigenvalue weighted by molar-refractivity contribution is 0.318. The van der Waals surface area contributed by atoms with Gasteiger partial charge in [-0.15, -0.1) is 11.8 Å². The Labute approximate surface area is 119 Å². The zero-order valence-corrected chi connectivity index (χ0v) is 11.4. The third kappa shape index (κ3) is 3.36. The molecule has 0 radical (unpaired) electrons. The first-order valence-electron chi connectivity index (χ1n) is 5.37. The summed E-state index contributed by atoms with van der Waals surface area (Å²) < 4.78 is 0. The molecule has 0 fully saturated rings. The van der Waals surface area contributed by atoms with E-state index in [-0.39, 0.29) is 5.84 Å². The van der Waals surface area contributed by atoms with E-state index in [2.05, 4.69) is 15.1 Å². The van der Waals surface area contributed by atoms with Gasteiger partial charge in [-0.1, -0.05) is 22.8 Å². The van der Waals surface area contributed by atoms with Gasteiger partial charge in [0.15, 0.2) is 5.84 Å². The lowest BCUT2D eigenvalue weighted by atomic mass is 10.2. The van der Waals surface area contributed by atoms with Crippen molar-refractivity contribution in [2.24, 2.45) is 10.9 Å². The molecule has 0 aliphatic carbocycles. The molecule has 98 valence electrons. The molecule has 5 nitrogen and oxygen atoms in total. The number of rotatable bonds is 4. The quantitative estimate of drug-likeness (QED) is 0.298. The molecule has 0 saturated heterocycles. The van der Waals surface area contributed by atoms with Gasteiger partial charge >= 0.3 is 0 Å². The summed E-state index contributed by atoms with van der Waals surface area (Å²) in [5.41, 5.74) is 6.89. The van der Waals surface area contributed by atoms with Crippen LogP contribution in [0.25, 0.3) is 0 Å². The number of pyridine rings is 2. The first-order chi connectivity index (χ1) is 9.22. The van der Waals surface area contributed by atoms with Crippen molar-refractivity contribution < 1.29 is 5.21 Å². The monoisotopic (exact) mass is 294 g/mol. The van der Waals surface area contributed by atoms with Gasteiger partial charge in [0.05, 0.1) is 5.02 Å². The number of nitrogens with two attached hydrogens (primary N) is 1. The third-order valence-corrected chi connectivity index (χ3v) is 3.80. The van der Waals surface area contributed by atoms with Crippen molar-refractivity contribution in [3.63, 3.8) is 0 Å².